The first kappa shape index (κ1) is 16.1. The molecular weight excluding hydrogens is 304 g/mol. The lowest BCUT2D eigenvalue weighted by molar-refractivity contribution is -0.134. The average molecular weight is 324 g/mol. The van der Waals surface area contributed by atoms with E-state index < -0.39 is 0 Å². The van der Waals surface area contributed by atoms with Gasteiger partial charge in [-0.25, -0.2) is 4.98 Å². The number of carbonyl (C=O) groups is 1. The van der Waals surface area contributed by atoms with Gasteiger partial charge in [0.25, 0.3) is 6.01 Å². The van der Waals surface area contributed by atoms with Crippen LogP contribution in [0.1, 0.15) is 19.4 Å². The molecule has 0 radical (unpaired) electrons. The Kier molecular flexibility index (Phi) is 4.52. The monoisotopic (exact) mass is 324 g/mol. The number of carbonyl (C=O) groups excluding carboxylic acids is 1. The summed E-state index contributed by atoms with van der Waals surface area (Å²) in [6.45, 7) is 6.56. The van der Waals surface area contributed by atoms with Gasteiger partial charge in [-0.1, -0.05) is 26.0 Å². The summed E-state index contributed by atoms with van der Waals surface area (Å²) >= 11 is 0. The largest absolute Gasteiger partial charge is 0.423 e. The summed E-state index contributed by atoms with van der Waals surface area (Å²) in [7, 11) is 0. The van der Waals surface area contributed by atoms with Crippen LogP contribution in [-0.2, 0) is 4.79 Å². The molecule has 124 valence electrons. The van der Waals surface area contributed by atoms with Gasteiger partial charge >= 0.3 is 0 Å². The van der Waals surface area contributed by atoms with E-state index in [4.69, 9.17) is 4.42 Å². The third-order valence-corrected chi connectivity index (χ3v) is 4.16. The van der Waals surface area contributed by atoms with E-state index in [1.165, 1.54) is 0 Å². The predicted molar refractivity (Wildman–Crippen MR) is 90.3 cm³/mol. The van der Waals surface area contributed by atoms with Gasteiger partial charge in [0.05, 0.1) is 17.8 Å². The molecule has 1 aliphatic rings. The lowest BCUT2D eigenvalue weighted by Crippen LogP contribution is -2.50. The Hall–Kier alpha value is -2.81. The highest BCUT2D eigenvalue weighted by molar-refractivity contribution is 5.78. The number of anilines is 1. The smallest absolute Gasteiger partial charge is 0.297 e. The molecule has 1 saturated heterocycles. The third-order valence-electron chi connectivity index (χ3n) is 4.16. The number of benzene rings is 1. The summed E-state index contributed by atoms with van der Waals surface area (Å²) in [6.07, 6.45) is 1.65. The lowest BCUT2D eigenvalue weighted by Gasteiger charge is -2.34. The molecule has 2 aromatic rings. The number of oxazole rings is 1. The second-order valence-electron chi connectivity index (χ2n) is 6.13. The Bertz CT molecular complexity index is 767. The van der Waals surface area contributed by atoms with Gasteiger partial charge in [0, 0.05) is 37.7 Å². The Balaban J connectivity index is 1.71. The third kappa shape index (κ3) is 3.11. The zero-order chi connectivity index (χ0) is 17.1. The standard InChI is InChI=1S/C18H20N4O2/c1-13(2)17(23)21-7-9-22(10-8-21)18-20-12-16(24-18)15-6-4-3-5-14(15)11-19/h3-6,12-13H,7-10H2,1-2H3. The van der Waals surface area contributed by atoms with Crippen LogP contribution < -0.4 is 4.90 Å². The van der Waals surface area contributed by atoms with E-state index in [1.807, 2.05) is 41.8 Å². The minimum atomic E-state index is 0.0207. The van der Waals surface area contributed by atoms with E-state index in [9.17, 15) is 10.1 Å². The SMILES string of the molecule is CC(C)C(=O)N1CCN(c2ncc(-c3ccccc3C#N)o2)CC1. The van der Waals surface area contributed by atoms with Gasteiger partial charge in [-0.05, 0) is 12.1 Å². The summed E-state index contributed by atoms with van der Waals surface area (Å²) in [5.41, 5.74) is 1.31. The molecule has 0 saturated carbocycles. The van der Waals surface area contributed by atoms with E-state index in [0.717, 1.165) is 5.56 Å². The topological polar surface area (TPSA) is 73.4 Å². The summed E-state index contributed by atoms with van der Waals surface area (Å²) < 4.78 is 5.86. The molecule has 6 nitrogen and oxygen atoms in total. The molecule has 1 aromatic heterocycles. The Morgan fingerprint density at radius 3 is 2.62 bits per heavy atom. The molecule has 6 heteroatoms. The van der Waals surface area contributed by atoms with E-state index in [1.54, 1.807) is 12.3 Å². The van der Waals surface area contributed by atoms with Gasteiger partial charge < -0.3 is 14.2 Å². The van der Waals surface area contributed by atoms with Crippen molar-refractivity contribution in [3.05, 3.63) is 36.0 Å². The molecule has 3 rings (SSSR count). The van der Waals surface area contributed by atoms with Crippen LogP contribution in [0.5, 0.6) is 0 Å². The van der Waals surface area contributed by atoms with Gasteiger partial charge in [0.1, 0.15) is 0 Å². The first-order valence-corrected chi connectivity index (χ1v) is 8.09. The zero-order valence-corrected chi connectivity index (χ0v) is 13.9. The molecule has 1 fully saturated rings. The van der Waals surface area contributed by atoms with Gasteiger partial charge in [-0.15, -0.1) is 0 Å². The molecule has 1 aliphatic heterocycles. The number of nitriles is 1. The zero-order valence-electron chi connectivity index (χ0n) is 13.9. The number of rotatable bonds is 3. The predicted octanol–water partition coefficient (Wildman–Crippen LogP) is 2.52. The number of piperazine rings is 1. The molecule has 0 aliphatic carbocycles. The first-order valence-electron chi connectivity index (χ1n) is 8.09. The maximum atomic E-state index is 12.0. The molecule has 1 amide bonds. The highest BCUT2D eigenvalue weighted by Gasteiger charge is 2.25. The van der Waals surface area contributed by atoms with Crippen LogP contribution in [-0.4, -0.2) is 42.0 Å². The molecule has 0 atom stereocenters. The minimum Gasteiger partial charge on any atom is -0.423 e. The van der Waals surface area contributed by atoms with Crippen LogP contribution >= 0.6 is 0 Å². The molecular formula is C18H20N4O2. The molecule has 0 bridgehead atoms. The van der Waals surface area contributed by atoms with Crippen LogP contribution in [0.2, 0.25) is 0 Å². The maximum absolute atomic E-state index is 12.0. The van der Waals surface area contributed by atoms with Gasteiger partial charge in [0.2, 0.25) is 5.91 Å². The number of nitrogens with zero attached hydrogens (tertiary/aromatic N) is 4. The van der Waals surface area contributed by atoms with Crippen molar-refractivity contribution in [1.82, 2.24) is 9.88 Å². The number of amides is 1. The Morgan fingerprint density at radius 1 is 1.25 bits per heavy atom. The molecule has 24 heavy (non-hydrogen) atoms. The number of hydrogen-bond acceptors (Lipinski definition) is 5. The van der Waals surface area contributed by atoms with E-state index in [-0.39, 0.29) is 11.8 Å². The van der Waals surface area contributed by atoms with Crippen LogP contribution in [0, 0.1) is 17.2 Å². The Morgan fingerprint density at radius 2 is 1.96 bits per heavy atom. The van der Waals surface area contributed by atoms with Crippen molar-refractivity contribution in [2.45, 2.75) is 13.8 Å². The van der Waals surface area contributed by atoms with E-state index >= 15 is 0 Å². The first-order chi connectivity index (χ1) is 11.6. The van der Waals surface area contributed by atoms with Crippen LogP contribution in [0.3, 0.4) is 0 Å². The average Bonchev–Trinajstić information content (AvgIpc) is 3.11. The highest BCUT2D eigenvalue weighted by atomic mass is 16.4. The van der Waals surface area contributed by atoms with Crippen molar-refractivity contribution < 1.29 is 9.21 Å². The fourth-order valence-electron chi connectivity index (χ4n) is 2.81. The summed E-state index contributed by atoms with van der Waals surface area (Å²) in [5.74, 6) is 0.793. The fraction of sp³-hybridized carbons (Fsp3) is 0.389. The van der Waals surface area contributed by atoms with E-state index in [0.29, 0.717) is 43.5 Å². The fourth-order valence-corrected chi connectivity index (χ4v) is 2.81. The molecule has 2 heterocycles. The van der Waals surface area contributed by atoms with Crippen LogP contribution in [0.25, 0.3) is 11.3 Å². The number of aromatic nitrogens is 1. The van der Waals surface area contributed by atoms with Crippen molar-refractivity contribution in [3.8, 4) is 17.4 Å². The quantitative estimate of drug-likeness (QED) is 0.867. The lowest BCUT2D eigenvalue weighted by atomic mass is 10.1. The van der Waals surface area contributed by atoms with Crippen molar-refractivity contribution in [3.63, 3.8) is 0 Å². The van der Waals surface area contributed by atoms with Crippen molar-refractivity contribution in [1.29, 1.82) is 5.26 Å². The summed E-state index contributed by atoms with van der Waals surface area (Å²) in [4.78, 5) is 20.3. The Labute approximate surface area is 141 Å². The second kappa shape index (κ2) is 6.75. The van der Waals surface area contributed by atoms with Gasteiger partial charge in [-0.2, -0.15) is 5.26 Å². The van der Waals surface area contributed by atoms with Crippen LogP contribution in [0.15, 0.2) is 34.9 Å². The maximum Gasteiger partial charge on any atom is 0.297 e. The highest BCUT2D eigenvalue weighted by Crippen LogP contribution is 2.27. The minimum absolute atomic E-state index is 0.0207. The van der Waals surface area contributed by atoms with Crippen molar-refractivity contribution in [2.24, 2.45) is 5.92 Å². The normalized spacial score (nSPS) is 14.8. The summed E-state index contributed by atoms with van der Waals surface area (Å²) in [5, 5.41) is 9.20. The van der Waals surface area contributed by atoms with Crippen molar-refractivity contribution >= 4 is 11.9 Å². The molecule has 0 unspecified atom stereocenters. The molecule has 1 aromatic carbocycles. The van der Waals surface area contributed by atoms with Gasteiger partial charge in [-0.3, -0.25) is 4.79 Å². The van der Waals surface area contributed by atoms with E-state index in [2.05, 4.69) is 11.1 Å². The van der Waals surface area contributed by atoms with Crippen molar-refractivity contribution in [2.75, 3.05) is 31.1 Å². The molecule has 0 N–H and O–H groups in total. The van der Waals surface area contributed by atoms with Crippen LogP contribution in [0.4, 0.5) is 6.01 Å². The number of hydrogen-bond donors (Lipinski definition) is 0. The molecule has 0 spiro atoms. The second-order valence-corrected chi connectivity index (χ2v) is 6.13. The summed E-state index contributed by atoms with van der Waals surface area (Å²) in [6, 6.07) is 10.0. The van der Waals surface area contributed by atoms with Gasteiger partial charge in [0.15, 0.2) is 5.76 Å².